The van der Waals surface area contributed by atoms with E-state index in [4.69, 9.17) is 0 Å². The van der Waals surface area contributed by atoms with Crippen LogP contribution in [0.5, 0.6) is 0 Å². The van der Waals surface area contributed by atoms with Crippen LogP contribution in [0.1, 0.15) is 0 Å². The number of nitrogens with zero attached hydrogens (tertiary/aromatic N) is 1. The monoisotopic (exact) mass is 709 g/mol. The third-order valence-electron chi connectivity index (χ3n) is 10.6. The summed E-state index contributed by atoms with van der Waals surface area (Å²) in [5, 5.41) is 10.3. The van der Waals surface area contributed by atoms with Crippen LogP contribution in [0.3, 0.4) is 0 Å². The normalized spacial score (nSPS) is 11.8. The number of thiophene rings is 2. The lowest BCUT2D eigenvalue weighted by atomic mass is 9.94. The quantitative estimate of drug-likeness (QED) is 0.172. The van der Waals surface area contributed by atoms with Crippen LogP contribution >= 0.6 is 22.7 Å². The van der Waals surface area contributed by atoms with E-state index in [2.05, 4.69) is 193 Å². The molecule has 0 spiro atoms. The highest BCUT2D eigenvalue weighted by molar-refractivity contribution is 7.27. The molecule has 0 radical (unpaired) electrons. The molecular weight excluding hydrogens is 679 g/mol. The molecule has 1 nitrogen and oxygen atoms in total. The van der Waals surface area contributed by atoms with Gasteiger partial charge in [0.1, 0.15) is 0 Å². The zero-order valence-electron chi connectivity index (χ0n) is 28.7. The SMILES string of the molecule is c1ccc(-c2cccc3c2sc2c(-c4cc5c6ccc(N(c7ccccc7)c7ccc8ccccc8c7)cc6sc5c5ccccc45)cccc23)cc1. The van der Waals surface area contributed by atoms with Crippen LogP contribution in [0.15, 0.2) is 188 Å². The van der Waals surface area contributed by atoms with Gasteiger partial charge in [0.05, 0.1) is 0 Å². The van der Waals surface area contributed by atoms with E-state index in [-0.39, 0.29) is 0 Å². The third-order valence-corrected chi connectivity index (χ3v) is 13.1. The number of benzene rings is 9. The highest BCUT2D eigenvalue weighted by Crippen LogP contribution is 2.49. The number of hydrogen-bond acceptors (Lipinski definition) is 3. The molecule has 248 valence electrons. The van der Waals surface area contributed by atoms with Gasteiger partial charge in [-0.05, 0) is 75.3 Å². The molecule has 0 saturated heterocycles. The van der Waals surface area contributed by atoms with Gasteiger partial charge >= 0.3 is 0 Å². The molecule has 11 aromatic rings. The Kier molecular flexibility index (Phi) is 6.97. The van der Waals surface area contributed by atoms with Crippen molar-refractivity contribution in [1.29, 1.82) is 0 Å². The number of fused-ring (bicyclic) bond motifs is 9. The van der Waals surface area contributed by atoms with E-state index in [0.717, 1.165) is 17.1 Å². The molecule has 2 heterocycles. The summed E-state index contributed by atoms with van der Waals surface area (Å²) in [6.07, 6.45) is 0. The van der Waals surface area contributed by atoms with E-state index >= 15 is 0 Å². The van der Waals surface area contributed by atoms with Gasteiger partial charge in [0, 0.05) is 68.4 Å². The molecule has 0 atom stereocenters. The predicted molar refractivity (Wildman–Crippen MR) is 233 cm³/mol. The Labute approximate surface area is 315 Å². The topological polar surface area (TPSA) is 3.24 Å². The van der Waals surface area contributed by atoms with E-state index in [0.29, 0.717) is 0 Å². The standard InChI is InChI=1S/C50H31NS2/c1-3-14-33(15-4-1)38-21-11-22-42-43-23-12-24-44(49(43)53-48(38)42)45-31-46-40-28-27-37(30-47(40)52-50(46)41-20-10-9-19-39(41)45)51(35-17-5-2-6-18-35)36-26-25-32-13-7-8-16-34(32)29-36/h1-31H. The van der Waals surface area contributed by atoms with Crippen molar-refractivity contribution in [3.05, 3.63) is 188 Å². The van der Waals surface area contributed by atoms with Gasteiger partial charge in [-0.15, -0.1) is 22.7 Å². The molecule has 11 rings (SSSR count). The molecule has 3 heteroatoms. The minimum atomic E-state index is 1.14. The maximum absolute atomic E-state index is 2.46. The Hall–Kier alpha value is -6.26. The lowest BCUT2D eigenvalue weighted by Gasteiger charge is -2.26. The van der Waals surface area contributed by atoms with Gasteiger partial charge in [0.2, 0.25) is 0 Å². The van der Waals surface area contributed by atoms with E-state index in [1.807, 2.05) is 22.7 Å². The van der Waals surface area contributed by atoms with Gasteiger partial charge in [0.25, 0.3) is 0 Å². The second-order valence-electron chi connectivity index (χ2n) is 13.7. The Morgan fingerprint density at radius 2 is 0.906 bits per heavy atom. The molecule has 0 N–H and O–H groups in total. The summed E-state index contributed by atoms with van der Waals surface area (Å²) in [7, 11) is 0. The number of para-hydroxylation sites is 1. The maximum atomic E-state index is 2.46. The highest BCUT2D eigenvalue weighted by atomic mass is 32.1. The molecule has 9 aromatic carbocycles. The molecule has 0 amide bonds. The number of hydrogen-bond donors (Lipinski definition) is 0. The minimum absolute atomic E-state index is 1.14. The average molecular weight is 710 g/mol. The Balaban J connectivity index is 1.12. The van der Waals surface area contributed by atoms with Gasteiger partial charge in [0.15, 0.2) is 0 Å². The minimum Gasteiger partial charge on any atom is -0.310 e. The van der Waals surface area contributed by atoms with Crippen LogP contribution in [-0.4, -0.2) is 0 Å². The Bertz CT molecular complexity index is 3170. The average Bonchev–Trinajstić information content (AvgIpc) is 3.80. The smallest absolute Gasteiger partial charge is 0.0476 e. The first-order chi connectivity index (χ1) is 26.3. The largest absolute Gasteiger partial charge is 0.310 e. The number of rotatable bonds is 5. The molecule has 0 aliphatic rings. The molecule has 0 saturated carbocycles. The predicted octanol–water partition coefficient (Wildman–Crippen LogP) is 15.5. The van der Waals surface area contributed by atoms with Gasteiger partial charge in [-0.3, -0.25) is 0 Å². The van der Waals surface area contributed by atoms with Crippen molar-refractivity contribution in [1.82, 2.24) is 0 Å². The van der Waals surface area contributed by atoms with Crippen LogP contribution in [-0.2, 0) is 0 Å². The fourth-order valence-electron chi connectivity index (χ4n) is 8.17. The fourth-order valence-corrected chi connectivity index (χ4v) is 10.8. The van der Waals surface area contributed by atoms with Crippen molar-refractivity contribution in [3.8, 4) is 22.3 Å². The zero-order valence-corrected chi connectivity index (χ0v) is 30.3. The van der Waals surface area contributed by atoms with Gasteiger partial charge in [-0.25, -0.2) is 0 Å². The molecule has 0 aliphatic carbocycles. The molecule has 53 heavy (non-hydrogen) atoms. The summed E-state index contributed by atoms with van der Waals surface area (Å²) in [4.78, 5) is 2.38. The molecule has 0 aliphatic heterocycles. The first-order valence-corrected chi connectivity index (χ1v) is 19.6. The lowest BCUT2D eigenvalue weighted by Crippen LogP contribution is -2.09. The van der Waals surface area contributed by atoms with Gasteiger partial charge < -0.3 is 4.90 Å². The van der Waals surface area contributed by atoms with Crippen molar-refractivity contribution in [3.63, 3.8) is 0 Å². The maximum Gasteiger partial charge on any atom is 0.0476 e. The second kappa shape index (κ2) is 12.2. The summed E-state index contributed by atoms with van der Waals surface area (Å²) in [5.41, 5.74) is 8.58. The van der Waals surface area contributed by atoms with Gasteiger partial charge in [-0.1, -0.05) is 146 Å². The van der Waals surface area contributed by atoms with Crippen LogP contribution in [0, 0.1) is 0 Å². The van der Waals surface area contributed by atoms with E-state index in [1.54, 1.807) is 0 Å². The molecule has 0 unspecified atom stereocenters. The summed E-state index contributed by atoms with van der Waals surface area (Å²) in [6, 6.07) is 68.9. The summed E-state index contributed by atoms with van der Waals surface area (Å²) in [5.74, 6) is 0. The van der Waals surface area contributed by atoms with Gasteiger partial charge in [-0.2, -0.15) is 0 Å². The highest BCUT2D eigenvalue weighted by Gasteiger charge is 2.20. The van der Waals surface area contributed by atoms with Crippen molar-refractivity contribution in [2.24, 2.45) is 0 Å². The van der Waals surface area contributed by atoms with Crippen LogP contribution in [0.25, 0.3) is 84.1 Å². The Morgan fingerprint density at radius 3 is 1.72 bits per heavy atom. The van der Waals surface area contributed by atoms with Crippen molar-refractivity contribution in [2.75, 3.05) is 4.90 Å². The zero-order chi connectivity index (χ0) is 34.9. The first-order valence-electron chi connectivity index (χ1n) is 18.0. The van der Waals surface area contributed by atoms with Crippen LogP contribution < -0.4 is 4.90 Å². The van der Waals surface area contributed by atoms with Crippen LogP contribution in [0.4, 0.5) is 17.1 Å². The third kappa shape index (κ3) is 4.89. The van der Waals surface area contributed by atoms with Crippen molar-refractivity contribution >= 4 is 102 Å². The molecular formula is C50H31NS2. The van der Waals surface area contributed by atoms with Crippen molar-refractivity contribution < 1.29 is 0 Å². The summed E-state index contributed by atoms with van der Waals surface area (Å²) >= 11 is 3.83. The molecule has 0 bridgehead atoms. The summed E-state index contributed by atoms with van der Waals surface area (Å²) in [6.45, 7) is 0. The van der Waals surface area contributed by atoms with E-state index in [1.165, 1.54) is 84.1 Å². The van der Waals surface area contributed by atoms with Crippen LogP contribution in [0.2, 0.25) is 0 Å². The molecule has 2 aromatic heterocycles. The first kappa shape index (κ1) is 30.4. The second-order valence-corrected chi connectivity index (χ2v) is 15.7. The molecule has 0 fully saturated rings. The number of anilines is 3. The van der Waals surface area contributed by atoms with E-state index < -0.39 is 0 Å². The lowest BCUT2D eigenvalue weighted by molar-refractivity contribution is 1.30. The Morgan fingerprint density at radius 1 is 0.302 bits per heavy atom. The fraction of sp³-hybridized carbons (Fsp3) is 0. The van der Waals surface area contributed by atoms with E-state index in [9.17, 15) is 0 Å². The summed E-state index contributed by atoms with van der Waals surface area (Å²) < 4.78 is 5.30. The van der Waals surface area contributed by atoms with Crippen molar-refractivity contribution in [2.45, 2.75) is 0 Å².